The maximum Gasteiger partial charge on any atom is 0.289 e. The Morgan fingerprint density at radius 3 is 2.48 bits per heavy atom. The number of nitrogens with one attached hydrogen (secondary N) is 2. The number of para-hydroxylation sites is 2. The fourth-order valence-electron chi connectivity index (χ4n) is 1.76. The van der Waals surface area contributed by atoms with Crippen LogP contribution in [0.3, 0.4) is 0 Å². The van der Waals surface area contributed by atoms with E-state index in [4.69, 9.17) is 16.3 Å². The molecule has 0 aliphatic heterocycles. The van der Waals surface area contributed by atoms with Crippen molar-refractivity contribution < 1.29 is 22.9 Å². The largest absolute Gasteiger partial charge is 0.482 e. The van der Waals surface area contributed by atoms with Gasteiger partial charge in [-0.3, -0.25) is 20.3 Å². The predicted molar refractivity (Wildman–Crippen MR) is 88.5 cm³/mol. The summed E-state index contributed by atoms with van der Waals surface area (Å²) in [6.45, 7) is -0.511. The number of rotatable bonds is 7. The molecule has 0 aliphatic carbocycles. The molecule has 2 aromatic carbocycles. The number of nitrogens with zero attached hydrogens (tertiary/aromatic N) is 1. The summed E-state index contributed by atoms with van der Waals surface area (Å²) in [7, 11) is -4.33. The smallest absolute Gasteiger partial charge is 0.289 e. The van der Waals surface area contributed by atoms with E-state index >= 15 is 0 Å². The molecule has 2 aromatic rings. The van der Waals surface area contributed by atoms with Crippen LogP contribution in [0.2, 0.25) is 5.02 Å². The number of nitro benzene ring substituents is 1. The Bertz CT molecular complexity index is 903. The summed E-state index contributed by atoms with van der Waals surface area (Å²) >= 11 is 5.85. The van der Waals surface area contributed by atoms with Gasteiger partial charge >= 0.3 is 0 Å². The number of carbonyl (C=O) groups excluding carboxylic acids is 1. The van der Waals surface area contributed by atoms with Crippen molar-refractivity contribution >= 4 is 33.2 Å². The summed E-state index contributed by atoms with van der Waals surface area (Å²) in [6, 6.07) is 11.2. The first-order chi connectivity index (χ1) is 11.8. The summed E-state index contributed by atoms with van der Waals surface area (Å²) in [5.74, 6) is -0.567. The SMILES string of the molecule is O=C(COc1ccccc1Cl)NNS(=O)(=O)c1ccccc1[N+](=O)[O-]. The van der Waals surface area contributed by atoms with Crippen molar-refractivity contribution in [3.8, 4) is 5.75 Å². The van der Waals surface area contributed by atoms with Crippen molar-refractivity contribution in [3.63, 3.8) is 0 Å². The van der Waals surface area contributed by atoms with Gasteiger partial charge in [-0.25, -0.2) is 8.42 Å². The Hall–Kier alpha value is -2.69. The van der Waals surface area contributed by atoms with E-state index in [1.54, 1.807) is 23.0 Å². The molecule has 0 fully saturated rings. The number of ether oxygens (including phenoxy) is 1. The highest BCUT2D eigenvalue weighted by Gasteiger charge is 2.25. The molecule has 2 N–H and O–H groups in total. The molecule has 11 heteroatoms. The fourth-order valence-corrected chi connectivity index (χ4v) is 2.98. The van der Waals surface area contributed by atoms with Crippen molar-refractivity contribution in [2.75, 3.05) is 6.61 Å². The van der Waals surface area contributed by atoms with Gasteiger partial charge in [-0.2, -0.15) is 0 Å². The standard InChI is InChI=1S/C14H12ClN3O6S/c15-10-5-1-3-7-12(10)24-9-14(19)16-17-25(22,23)13-8-4-2-6-11(13)18(20)21/h1-8,17H,9H2,(H,16,19). The van der Waals surface area contributed by atoms with Crippen molar-refractivity contribution in [1.29, 1.82) is 0 Å². The number of carbonyl (C=O) groups is 1. The van der Waals surface area contributed by atoms with E-state index in [0.717, 1.165) is 12.1 Å². The summed E-state index contributed by atoms with van der Waals surface area (Å²) in [4.78, 5) is 22.9. The Balaban J connectivity index is 1.99. The lowest BCUT2D eigenvalue weighted by Gasteiger charge is -2.10. The van der Waals surface area contributed by atoms with Crippen LogP contribution in [0.1, 0.15) is 0 Å². The van der Waals surface area contributed by atoms with Crippen molar-refractivity contribution in [2.24, 2.45) is 0 Å². The lowest BCUT2D eigenvalue weighted by molar-refractivity contribution is -0.387. The van der Waals surface area contributed by atoms with Gasteiger partial charge < -0.3 is 4.74 Å². The monoisotopic (exact) mass is 385 g/mol. The first kappa shape index (κ1) is 18.6. The highest BCUT2D eigenvalue weighted by molar-refractivity contribution is 7.89. The molecule has 0 atom stereocenters. The third-order valence-electron chi connectivity index (χ3n) is 2.87. The minimum absolute atomic E-state index is 0.251. The number of benzene rings is 2. The first-order valence-electron chi connectivity index (χ1n) is 6.72. The number of halogens is 1. The number of amides is 1. The Labute approximate surface area is 147 Å². The van der Waals surface area contributed by atoms with Gasteiger partial charge in [-0.15, -0.1) is 4.83 Å². The Morgan fingerprint density at radius 2 is 1.80 bits per heavy atom. The minimum Gasteiger partial charge on any atom is -0.482 e. The normalized spacial score (nSPS) is 10.9. The van der Waals surface area contributed by atoms with Crippen LogP contribution in [-0.4, -0.2) is 25.9 Å². The Morgan fingerprint density at radius 1 is 1.16 bits per heavy atom. The molecule has 0 unspecified atom stereocenters. The average Bonchev–Trinajstić information content (AvgIpc) is 2.59. The van der Waals surface area contributed by atoms with Gasteiger partial charge in [-0.1, -0.05) is 35.9 Å². The van der Waals surface area contributed by atoms with Gasteiger partial charge in [0.2, 0.25) is 0 Å². The zero-order chi connectivity index (χ0) is 18.4. The van der Waals surface area contributed by atoms with E-state index in [0.29, 0.717) is 0 Å². The maximum absolute atomic E-state index is 12.1. The summed E-state index contributed by atoms with van der Waals surface area (Å²) in [5, 5.41) is 11.2. The van der Waals surface area contributed by atoms with Gasteiger partial charge in [0.05, 0.1) is 9.95 Å². The van der Waals surface area contributed by atoms with E-state index in [1.165, 1.54) is 18.2 Å². The second-order valence-electron chi connectivity index (χ2n) is 4.60. The van der Waals surface area contributed by atoms with Crippen LogP contribution in [0.25, 0.3) is 0 Å². The van der Waals surface area contributed by atoms with E-state index in [9.17, 15) is 23.3 Å². The molecule has 0 heterocycles. The van der Waals surface area contributed by atoms with E-state index in [-0.39, 0.29) is 10.8 Å². The Kier molecular flexibility index (Phi) is 5.91. The molecular formula is C14H12ClN3O6S. The highest BCUT2D eigenvalue weighted by atomic mass is 35.5. The van der Waals surface area contributed by atoms with Crippen molar-refractivity contribution in [2.45, 2.75) is 4.90 Å². The van der Waals surface area contributed by atoms with Crippen LogP contribution in [0, 0.1) is 10.1 Å². The second-order valence-corrected chi connectivity index (χ2v) is 6.66. The maximum atomic E-state index is 12.1. The molecule has 9 nitrogen and oxygen atoms in total. The van der Waals surface area contributed by atoms with Gasteiger partial charge in [0, 0.05) is 6.07 Å². The van der Waals surface area contributed by atoms with Gasteiger partial charge in [-0.05, 0) is 18.2 Å². The molecule has 0 aromatic heterocycles. The van der Waals surface area contributed by atoms with Gasteiger partial charge in [0.25, 0.3) is 21.6 Å². The number of hydrogen-bond donors (Lipinski definition) is 2. The summed E-state index contributed by atoms with van der Waals surface area (Å²) < 4.78 is 29.3. The zero-order valence-corrected chi connectivity index (χ0v) is 14.1. The lowest BCUT2D eigenvalue weighted by Crippen LogP contribution is -2.43. The van der Waals surface area contributed by atoms with E-state index in [1.807, 2.05) is 5.43 Å². The molecule has 0 aliphatic rings. The van der Waals surface area contributed by atoms with E-state index < -0.39 is 38.0 Å². The molecule has 0 spiro atoms. The lowest BCUT2D eigenvalue weighted by atomic mass is 10.3. The highest BCUT2D eigenvalue weighted by Crippen LogP contribution is 2.23. The van der Waals surface area contributed by atoms with Crippen LogP contribution >= 0.6 is 11.6 Å². The summed E-state index contributed by atoms with van der Waals surface area (Å²) in [5.41, 5.74) is 1.30. The predicted octanol–water partition coefficient (Wildman–Crippen LogP) is 1.64. The van der Waals surface area contributed by atoms with Gasteiger partial charge in [0.15, 0.2) is 11.5 Å². The zero-order valence-electron chi connectivity index (χ0n) is 12.5. The molecule has 1 amide bonds. The quantitative estimate of drug-likeness (QED) is 0.550. The minimum atomic E-state index is -4.33. The van der Waals surface area contributed by atoms with Crippen LogP contribution in [0.15, 0.2) is 53.4 Å². The molecule has 0 saturated carbocycles. The molecule has 132 valence electrons. The fraction of sp³-hybridized carbons (Fsp3) is 0.0714. The topological polar surface area (TPSA) is 128 Å². The van der Waals surface area contributed by atoms with E-state index in [2.05, 4.69) is 0 Å². The molecule has 2 rings (SSSR count). The van der Waals surface area contributed by atoms with Gasteiger partial charge in [0.1, 0.15) is 5.75 Å². The van der Waals surface area contributed by atoms with Crippen molar-refractivity contribution in [1.82, 2.24) is 10.3 Å². The van der Waals surface area contributed by atoms with Crippen molar-refractivity contribution in [3.05, 3.63) is 63.7 Å². The molecule has 0 saturated heterocycles. The molecule has 0 bridgehead atoms. The number of nitro groups is 1. The first-order valence-corrected chi connectivity index (χ1v) is 8.59. The van der Waals surface area contributed by atoms with Crippen LogP contribution in [0.4, 0.5) is 5.69 Å². The second kappa shape index (κ2) is 7.92. The van der Waals surface area contributed by atoms with Crippen LogP contribution in [-0.2, 0) is 14.8 Å². The van der Waals surface area contributed by atoms with Crippen LogP contribution < -0.4 is 15.0 Å². The number of hydrogen-bond acceptors (Lipinski definition) is 6. The average molecular weight is 386 g/mol. The number of sulfonamides is 1. The third kappa shape index (κ3) is 4.89. The molecule has 0 radical (unpaired) electrons. The molecule has 25 heavy (non-hydrogen) atoms. The molecular weight excluding hydrogens is 374 g/mol. The summed E-state index contributed by atoms with van der Waals surface area (Å²) in [6.07, 6.45) is 0. The third-order valence-corrected chi connectivity index (χ3v) is 4.48. The van der Waals surface area contributed by atoms with Crippen LogP contribution in [0.5, 0.6) is 5.75 Å². The number of hydrazine groups is 1.